The largest absolute Gasteiger partial charge is 0.491 e. The highest BCUT2D eigenvalue weighted by atomic mass is 32.2. The lowest BCUT2D eigenvalue weighted by Crippen LogP contribution is -2.13. The fourth-order valence-corrected chi connectivity index (χ4v) is 2.79. The summed E-state index contributed by atoms with van der Waals surface area (Å²) >= 11 is 0. The summed E-state index contributed by atoms with van der Waals surface area (Å²) < 4.78 is 32.4. The van der Waals surface area contributed by atoms with Crippen molar-refractivity contribution in [2.45, 2.75) is 24.8 Å². The Morgan fingerprint density at radius 1 is 1.00 bits per heavy atom. The van der Waals surface area contributed by atoms with Gasteiger partial charge in [-0.1, -0.05) is 24.3 Å². The first-order valence-corrected chi connectivity index (χ1v) is 7.80. The van der Waals surface area contributed by atoms with Gasteiger partial charge in [0.2, 0.25) is 0 Å². The molecule has 0 saturated carbocycles. The Kier molecular flexibility index (Phi) is 4.29. The van der Waals surface area contributed by atoms with E-state index in [4.69, 9.17) is 4.74 Å². The SMILES string of the molecule is CC(C)Oc1cccc(NS(=O)(=O)c2ccccc2)c1. The second-order valence-corrected chi connectivity index (χ2v) is 6.30. The van der Waals surface area contributed by atoms with Crippen molar-refractivity contribution in [3.05, 3.63) is 54.6 Å². The lowest BCUT2D eigenvalue weighted by Gasteiger charge is -2.12. The normalized spacial score (nSPS) is 11.3. The van der Waals surface area contributed by atoms with E-state index in [1.807, 2.05) is 13.8 Å². The van der Waals surface area contributed by atoms with Crippen LogP contribution in [0.1, 0.15) is 13.8 Å². The Balaban J connectivity index is 2.22. The second-order valence-electron chi connectivity index (χ2n) is 4.61. The summed E-state index contributed by atoms with van der Waals surface area (Å²) in [5, 5.41) is 0. The van der Waals surface area contributed by atoms with Crippen LogP contribution in [0, 0.1) is 0 Å². The number of benzene rings is 2. The molecule has 5 heteroatoms. The Hall–Kier alpha value is -2.01. The van der Waals surface area contributed by atoms with Gasteiger partial charge in [0.15, 0.2) is 0 Å². The van der Waals surface area contributed by atoms with Crippen molar-refractivity contribution in [3.63, 3.8) is 0 Å². The fraction of sp³-hybridized carbons (Fsp3) is 0.200. The predicted molar refractivity (Wildman–Crippen MR) is 79.5 cm³/mol. The van der Waals surface area contributed by atoms with Crippen molar-refractivity contribution < 1.29 is 13.2 Å². The molecule has 0 atom stereocenters. The van der Waals surface area contributed by atoms with Crippen molar-refractivity contribution >= 4 is 15.7 Å². The molecule has 0 aromatic heterocycles. The van der Waals surface area contributed by atoms with E-state index in [0.29, 0.717) is 11.4 Å². The van der Waals surface area contributed by atoms with E-state index < -0.39 is 10.0 Å². The zero-order valence-corrected chi connectivity index (χ0v) is 12.2. The number of sulfonamides is 1. The molecule has 0 heterocycles. The van der Waals surface area contributed by atoms with Crippen LogP contribution < -0.4 is 9.46 Å². The predicted octanol–water partition coefficient (Wildman–Crippen LogP) is 3.27. The second kappa shape index (κ2) is 5.96. The summed E-state index contributed by atoms with van der Waals surface area (Å²) in [6.07, 6.45) is 0.0379. The zero-order chi connectivity index (χ0) is 14.6. The highest BCUT2D eigenvalue weighted by Gasteiger charge is 2.13. The fourth-order valence-electron chi connectivity index (χ4n) is 1.72. The molecular formula is C15H17NO3S. The van der Waals surface area contributed by atoms with Crippen LogP contribution in [-0.2, 0) is 10.0 Å². The van der Waals surface area contributed by atoms with E-state index in [-0.39, 0.29) is 11.0 Å². The Labute approximate surface area is 119 Å². The van der Waals surface area contributed by atoms with E-state index in [1.165, 1.54) is 0 Å². The number of rotatable bonds is 5. The maximum absolute atomic E-state index is 12.2. The van der Waals surface area contributed by atoms with Gasteiger partial charge in [-0.2, -0.15) is 0 Å². The van der Waals surface area contributed by atoms with Gasteiger partial charge in [0, 0.05) is 6.07 Å². The van der Waals surface area contributed by atoms with Crippen LogP contribution in [0.2, 0.25) is 0 Å². The summed E-state index contributed by atoms with van der Waals surface area (Å²) in [6.45, 7) is 3.83. The molecule has 1 N–H and O–H groups in total. The average Bonchev–Trinajstić information content (AvgIpc) is 2.39. The first kappa shape index (κ1) is 14.4. The Morgan fingerprint density at radius 2 is 1.70 bits per heavy atom. The van der Waals surface area contributed by atoms with E-state index >= 15 is 0 Å². The molecule has 20 heavy (non-hydrogen) atoms. The summed E-state index contributed by atoms with van der Waals surface area (Å²) in [4.78, 5) is 0.232. The molecule has 2 rings (SSSR count). The van der Waals surface area contributed by atoms with Crippen LogP contribution in [0.5, 0.6) is 5.75 Å². The number of ether oxygens (including phenoxy) is 1. The van der Waals surface area contributed by atoms with Gasteiger partial charge in [-0.15, -0.1) is 0 Å². The molecular weight excluding hydrogens is 274 g/mol. The van der Waals surface area contributed by atoms with Gasteiger partial charge in [-0.05, 0) is 38.1 Å². The van der Waals surface area contributed by atoms with Crippen molar-refractivity contribution in [2.24, 2.45) is 0 Å². The third-order valence-electron chi connectivity index (χ3n) is 2.51. The van der Waals surface area contributed by atoms with Gasteiger partial charge in [0.1, 0.15) is 5.75 Å². The lowest BCUT2D eigenvalue weighted by molar-refractivity contribution is 0.242. The highest BCUT2D eigenvalue weighted by molar-refractivity contribution is 7.92. The minimum absolute atomic E-state index is 0.0379. The van der Waals surface area contributed by atoms with Crippen LogP contribution >= 0.6 is 0 Å². The molecule has 0 fully saturated rings. The summed E-state index contributed by atoms with van der Waals surface area (Å²) in [7, 11) is -3.56. The molecule has 0 aliphatic heterocycles. The van der Waals surface area contributed by atoms with Gasteiger partial charge >= 0.3 is 0 Å². The monoisotopic (exact) mass is 291 g/mol. The molecule has 106 valence electrons. The molecule has 0 amide bonds. The summed E-state index contributed by atoms with van der Waals surface area (Å²) in [5.41, 5.74) is 0.479. The number of anilines is 1. The summed E-state index contributed by atoms with van der Waals surface area (Å²) in [5.74, 6) is 0.633. The van der Waals surface area contributed by atoms with E-state index in [0.717, 1.165) is 0 Å². The highest BCUT2D eigenvalue weighted by Crippen LogP contribution is 2.21. The van der Waals surface area contributed by atoms with Crippen molar-refractivity contribution in [1.29, 1.82) is 0 Å². The Morgan fingerprint density at radius 3 is 2.35 bits per heavy atom. The standard InChI is InChI=1S/C15H17NO3S/c1-12(2)19-14-8-6-7-13(11-14)16-20(17,18)15-9-4-3-5-10-15/h3-12,16H,1-2H3. The molecule has 0 bridgehead atoms. The molecule has 0 aliphatic carbocycles. The van der Waals surface area contributed by atoms with Crippen LogP contribution in [0.25, 0.3) is 0 Å². The first-order chi connectivity index (χ1) is 9.47. The number of hydrogen-bond donors (Lipinski definition) is 1. The zero-order valence-electron chi connectivity index (χ0n) is 11.4. The maximum atomic E-state index is 12.2. The number of hydrogen-bond acceptors (Lipinski definition) is 3. The Bertz CT molecular complexity index is 667. The van der Waals surface area contributed by atoms with Gasteiger partial charge in [0.25, 0.3) is 10.0 Å². The van der Waals surface area contributed by atoms with Gasteiger partial charge in [-0.25, -0.2) is 8.42 Å². The van der Waals surface area contributed by atoms with E-state index in [1.54, 1.807) is 54.6 Å². The van der Waals surface area contributed by atoms with Crippen LogP contribution in [0.4, 0.5) is 5.69 Å². The molecule has 4 nitrogen and oxygen atoms in total. The number of nitrogens with one attached hydrogen (secondary N) is 1. The van der Waals surface area contributed by atoms with Gasteiger partial charge in [-0.3, -0.25) is 4.72 Å². The van der Waals surface area contributed by atoms with Crippen LogP contribution in [0.3, 0.4) is 0 Å². The van der Waals surface area contributed by atoms with Crippen molar-refractivity contribution in [1.82, 2.24) is 0 Å². The molecule has 0 saturated heterocycles. The third kappa shape index (κ3) is 3.74. The quantitative estimate of drug-likeness (QED) is 0.919. The molecule has 0 spiro atoms. The molecule has 2 aromatic carbocycles. The van der Waals surface area contributed by atoms with Gasteiger partial charge < -0.3 is 4.74 Å². The first-order valence-electron chi connectivity index (χ1n) is 6.32. The van der Waals surface area contributed by atoms with E-state index in [2.05, 4.69) is 4.72 Å². The molecule has 0 radical (unpaired) electrons. The third-order valence-corrected chi connectivity index (χ3v) is 3.91. The molecule has 0 aliphatic rings. The van der Waals surface area contributed by atoms with E-state index in [9.17, 15) is 8.42 Å². The summed E-state index contributed by atoms with van der Waals surface area (Å²) in [6, 6.07) is 15.2. The van der Waals surface area contributed by atoms with Crippen LogP contribution in [0.15, 0.2) is 59.5 Å². The minimum Gasteiger partial charge on any atom is -0.491 e. The van der Waals surface area contributed by atoms with Crippen molar-refractivity contribution in [3.8, 4) is 5.75 Å². The maximum Gasteiger partial charge on any atom is 0.261 e. The minimum atomic E-state index is -3.56. The topological polar surface area (TPSA) is 55.4 Å². The molecule has 2 aromatic rings. The smallest absolute Gasteiger partial charge is 0.261 e. The average molecular weight is 291 g/mol. The lowest BCUT2D eigenvalue weighted by atomic mass is 10.3. The van der Waals surface area contributed by atoms with Gasteiger partial charge in [0.05, 0.1) is 16.7 Å². The van der Waals surface area contributed by atoms with Crippen LogP contribution in [-0.4, -0.2) is 14.5 Å². The van der Waals surface area contributed by atoms with Crippen molar-refractivity contribution in [2.75, 3.05) is 4.72 Å². The molecule has 0 unspecified atom stereocenters.